The third-order valence-electron chi connectivity index (χ3n) is 8.76. The Morgan fingerprint density at radius 2 is 1.18 bits per heavy atom. The minimum Gasteiger partial charge on any atom is -0.387 e. The van der Waals surface area contributed by atoms with Gasteiger partial charge in [0.2, 0.25) is 0 Å². The maximum atomic E-state index is 14.0. The predicted octanol–water partition coefficient (Wildman–Crippen LogP) is 7.49. The number of aryl methyl sites for hydroxylation is 1. The van der Waals surface area contributed by atoms with Gasteiger partial charge in [-0.15, -0.1) is 0 Å². The van der Waals surface area contributed by atoms with Crippen LogP contribution in [0.25, 0.3) is 11.1 Å². The lowest BCUT2D eigenvalue weighted by Crippen LogP contribution is -2.61. The van der Waals surface area contributed by atoms with Crippen molar-refractivity contribution in [2.45, 2.75) is 63.4 Å². The maximum Gasteiger partial charge on any atom is 0.126 e. The van der Waals surface area contributed by atoms with Crippen LogP contribution in [0.15, 0.2) is 127 Å². The Hall–Kier alpha value is -4.28. The molecule has 6 nitrogen and oxygen atoms in total. The second-order valence-corrected chi connectivity index (χ2v) is 12.3. The van der Waals surface area contributed by atoms with Crippen LogP contribution in [-0.2, 0) is 38.8 Å². The summed E-state index contributed by atoms with van der Waals surface area (Å²) in [7, 11) is 0. The van der Waals surface area contributed by atoms with Gasteiger partial charge < -0.3 is 29.2 Å². The van der Waals surface area contributed by atoms with E-state index in [1.807, 2.05) is 97.9 Å². The van der Waals surface area contributed by atoms with Crippen LogP contribution in [0.4, 0.5) is 8.78 Å². The molecule has 0 bridgehead atoms. The number of aliphatic hydroxyl groups excluding tert-OH is 2. The van der Waals surface area contributed by atoms with Crippen molar-refractivity contribution in [3.8, 4) is 11.1 Å². The molecule has 0 radical (unpaired) electrons. The maximum absolute atomic E-state index is 14.0. The zero-order valence-corrected chi connectivity index (χ0v) is 27.2. The molecule has 0 spiro atoms. The molecular weight excluding hydrogens is 626 g/mol. The Balaban J connectivity index is 1.29. The molecule has 49 heavy (non-hydrogen) atoms. The summed E-state index contributed by atoms with van der Waals surface area (Å²) in [5.41, 5.74) is 4.97. The van der Waals surface area contributed by atoms with E-state index in [-0.39, 0.29) is 19.8 Å². The summed E-state index contributed by atoms with van der Waals surface area (Å²) in [6.45, 7) is 2.61. The van der Waals surface area contributed by atoms with Crippen LogP contribution in [0.2, 0.25) is 0 Å². The second-order valence-electron chi connectivity index (χ2n) is 12.3. The molecule has 1 aliphatic rings. The molecule has 6 rings (SSSR count). The molecule has 1 fully saturated rings. The Labute approximate surface area is 285 Å². The Morgan fingerprint density at radius 1 is 0.653 bits per heavy atom. The molecule has 1 heterocycles. The molecule has 0 saturated carbocycles. The number of hydrogen-bond acceptors (Lipinski definition) is 6. The highest BCUT2D eigenvalue weighted by atomic mass is 19.1. The Kier molecular flexibility index (Phi) is 11.6. The molecule has 254 valence electrons. The predicted molar refractivity (Wildman–Crippen MR) is 182 cm³/mol. The van der Waals surface area contributed by atoms with Gasteiger partial charge in [-0.25, -0.2) is 8.78 Å². The SMILES string of the molecule is Cc1cc(-c2cc(F)cc(F)c2)ccc1[C@@H](O)[C@H]1OC(COCc2ccccc2)[C@@H](OCc2ccccc2)C(O)C1OCc1ccccc1. The summed E-state index contributed by atoms with van der Waals surface area (Å²) in [5, 5.41) is 23.9. The average molecular weight is 667 g/mol. The van der Waals surface area contributed by atoms with E-state index in [0.29, 0.717) is 28.9 Å². The van der Waals surface area contributed by atoms with E-state index in [0.717, 1.165) is 22.8 Å². The monoisotopic (exact) mass is 666 g/mol. The fraction of sp³-hybridized carbons (Fsp3) is 0.268. The van der Waals surface area contributed by atoms with Crippen LogP contribution in [-0.4, -0.2) is 47.3 Å². The zero-order valence-electron chi connectivity index (χ0n) is 27.2. The molecule has 8 heteroatoms. The van der Waals surface area contributed by atoms with Crippen molar-refractivity contribution in [3.05, 3.63) is 167 Å². The highest BCUT2D eigenvalue weighted by molar-refractivity contribution is 5.65. The quantitative estimate of drug-likeness (QED) is 0.136. The van der Waals surface area contributed by atoms with E-state index in [1.165, 1.54) is 12.1 Å². The first-order valence-corrected chi connectivity index (χ1v) is 16.4. The highest BCUT2D eigenvalue weighted by Crippen LogP contribution is 2.36. The van der Waals surface area contributed by atoms with Gasteiger partial charge in [-0.1, -0.05) is 109 Å². The van der Waals surface area contributed by atoms with Gasteiger partial charge in [-0.2, -0.15) is 0 Å². The third-order valence-corrected chi connectivity index (χ3v) is 8.76. The van der Waals surface area contributed by atoms with E-state index in [2.05, 4.69) is 0 Å². The molecule has 2 N–H and O–H groups in total. The lowest BCUT2D eigenvalue weighted by atomic mass is 9.87. The van der Waals surface area contributed by atoms with E-state index >= 15 is 0 Å². The second kappa shape index (κ2) is 16.4. The molecule has 1 saturated heterocycles. The normalized spacial score (nSPS) is 21.4. The fourth-order valence-corrected chi connectivity index (χ4v) is 6.23. The molecule has 1 aliphatic heterocycles. The van der Waals surface area contributed by atoms with Gasteiger partial charge in [0, 0.05) is 6.07 Å². The van der Waals surface area contributed by atoms with Crippen LogP contribution in [0, 0.1) is 18.6 Å². The smallest absolute Gasteiger partial charge is 0.126 e. The van der Waals surface area contributed by atoms with Gasteiger partial charge in [-0.3, -0.25) is 0 Å². The van der Waals surface area contributed by atoms with Crippen molar-refractivity contribution in [3.63, 3.8) is 0 Å². The summed E-state index contributed by atoms with van der Waals surface area (Å²) >= 11 is 0. The highest BCUT2D eigenvalue weighted by Gasteiger charge is 2.49. The fourth-order valence-electron chi connectivity index (χ4n) is 6.23. The van der Waals surface area contributed by atoms with Crippen molar-refractivity contribution in [1.82, 2.24) is 0 Å². The van der Waals surface area contributed by atoms with E-state index < -0.39 is 48.3 Å². The van der Waals surface area contributed by atoms with Crippen molar-refractivity contribution in [2.24, 2.45) is 0 Å². The molecule has 0 aromatic heterocycles. The summed E-state index contributed by atoms with van der Waals surface area (Å²) in [6.07, 6.45) is -6.03. The van der Waals surface area contributed by atoms with Crippen molar-refractivity contribution < 1.29 is 37.9 Å². The van der Waals surface area contributed by atoms with Gasteiger partial charge in [-0.05, 0) is 58.0 Å². The van der Waals surface area contributed by atoms with Crippen LogP contribution in [0.3, 0.4) is 0 Å². The van der Waals surface area contributed by atoms with Crippen LogP contribution in [0.5, 0.6) is 0 Å². The number of benzene rings is 5. The zero-order chi connectivity index (χ0) is 34.2. The number of aliphatic hydroxyl groups is 2. The molecule has 5 aromatic carbocycles. The molecule has 0 aliphatic carbocycles. The Morgan fingerprint density at radius 3 is 1.73 bits per heavy atom. The Bertz CT molecular complexity index is 1750. The number of halogens is 2. The lowest BCUT2D eigenvalue weighted by molar-refractivity contribution is -0.277. The van der Waals surface area contributed by atoms with Crippen LogP contribution < -0.4 is 0 Å². The first-order valence-electron chi connectivity index (χ1n) is 16.4. The summed E-state index contributed by atoms with van der Waals surface area (Å²) in [6, 6.07) is 37.5. The van der Waals surface area contributed by atoms with E-state index in [1.54, 1.807) is 18.2 Å². The number of hydrogen-bond donors (Lipinski definition) is 2. The minimum absolute atomic E-state index is 0.0864. The van der Waals surface area contributed by atoms with Gasteiger partial charge in [0.25, 0.3) is 0 Å². The molecule has 6 atom stereocenters. The first kappa shape index (κ1) is 34.6. The summed E-state index contributed by atoms with van der Waals surface area (Å²) < 4.78 is 53.4. The van der Waals surface area contributed by atoms with E-state index in [9.17, 15) is 19.0 Å². The largest absolute Gasteiger partial charge is 0.387 e. The number of rotatable bonds is 13. The molecule has 5 aromatic rings. The van der Waals surface area contributed by atoms with Crippen molar-refractivity contribution in [1.29, 1.82) is 0 Å². The van der Waals surface area contributed by atoms with Gasteiger partial charge in [0.1, 0.15) is 48.3 Å². The average Bonchev–Trinajstić information content (AvgIpc) is 3.11. The first-order chi connectivity index (χ1) is 23.9. The minimum atomic E-state index is -1.24. The molecule has 3 unspecified atom stereocenters. The van der Waals surface area contributed by atoms with Crippen molar-refractivity contribution >= 4 is 0 Å². The van der Waals surface area contributed by atoms with Crippen LogP contribution >= 0.6 is 0 Å². The number of ether oxygens (including phenoxy) is 4. The topological polar surface area (TPSA) is 77.4 Å². The summed E-state index contributed by atoms with van der Waals surface area (Å²) in [4.78, 5) is 0. The third kappa shape index (κ3) is 8.85. The lowest BCUT2D eigenvalue weighted by Gasteiger charge is -2.46. The van der Waals surface area contributed by atoms with Crippen molar-refractivity contribution in [2.75, 3.05) is 6.61 Å². The van der Waals surface area contributed by atoms with Gasteiger partial charge in [0.15, 0.2) is 0 Å². The van der Waals surface area contributed by atoms with Gasteiger partial charge in [0.05, 0.1) is 26.4 Å². The van der Waals surface area contributed by atoms with Gasteiger partial charge >= 0.3 is 0 Å². The molecule has 0 amide bonds. The standard InChI is InChI=1S/C41H40F2O6/c1-27-19-31(32-20-33(42)22-34(43)21-32)17-18-35(27)37(44)41-40(48-25-30-15-9-4-10-16-30)38(45)39(47-24-29-13-7-3-8-14-29)36(49-41)26-46-23-28-11-5-2-6-12-28/h2-22,36-41,44-45H,23-26H2,1H3/t36?,37-,38?,39-,40?,41-/m1/s1. The van der Waals surface area contributed by atoms with E-state index in [4.69, 9.17) is 18.9 Å². The molecular formula is C41H40F2O6. The summed E-state index contributed by atoms with van der Waals surface area (Å²) in [5.74, 6) is -1.35. The van der Waals surface area contributed by atoms with Crippen LogP contribution in [0.1, 0.15) is 33.9 Å².